The Labute approximate surface area is 284 Å². The van der Waals surface area contributed by atoms with Gasteiger partial charge in [-0.1, -0.05) is 23.7 Å². The van der Waals surface area contributed by atoms with Crippen molar-refractivity contribution in [3.8, 4) is 29.0 Å². The number of piperidine rings is 1. The maximum atomic E-state index is 13.1. The number of rotatable bonds is 7. The van der Waals surface area contributed by atoms with Crippen LogP contribution < -0.4 is 9.47 Å². The molecule has 2 atom stereocenters. The normalized spacial score (nSPS) is 21.2. The molecule has 0 saturated carbocycles. The van der Waals surface area contributed by atoms with Crippen LogP contribution in [0.4, 0.5) is 13.2 Å². The van der Waals surface area contributed by atoms with Gasteiger partial charge in [-0.05, 0) is 80.7 Å². The molecule has 8 rings (SSSR count). The van der Waals surface area contributed by atoms with Gasteiger partial charge >= 0.3 is 6.18 Å². The fourth-order valence-corrected chi connectivity index (χ4v) is 7.28. The van der Waals surface area contributed by atoms with Crippen molar-refractivity contribution in [1.29, 1.82) is 5.26 Å². The monoisotopic (exact) mass is 689 g/mol. The second kappa shape index (κ2) is 12.0. The lowest BCUT2D eigenvalue weighted by atomic mass is 9.88. The van der Waals surface area contributed by atoms with E-state index in [4.69, 9.17) is 30.8 Å². The van der Waals surface area contributed by atoms with Crippen molar-refractivity contribution in [1.82, 2.24) is 29.6 Å². The van der Waals surface area contributed by atoms with Crippen LogP contribution in [0, 0.1) is 11.3 Å². The summed E-state index contributed by atoms with van der Waals surface area (Å²) in [7, 11) is 0. The lowest BCUT2D eigenvalue weighted by Gasteiger charge is -2.33. The number of imidazole rings is 1. The first kappa shape index (κ1) is 31.6. The molecule has 10 nitrogen and oxygen atoms in total. The quantitative estimate of drug-likeness (QED) is 0.191. The van der Waals surface area contributed by atoms with E-state index >= 15 is 0 Å². The zero-order valence-corrected chi connectivity index (χ0v) is 27.2. The molecule has 3 aliphatic heterocycles. The molecule has 1 N–H and O–H groups in total. The van der Waals surface area contributed by atoms with Crippen LogP contribution in [-0.4, -0.2) is 55.4 Å². The number of nitrogens with zero attached hydrogens (tertiary/aromatic N) is 6. The van der Waals surface area contributed by atoms with Gasteiger partial charge in [-0.25, -0.2) is 9.97 Å². The van der Waals surface area contributed by atoms with Gasteiger partial charge in [0, 0.05) is 24.7 Å². The van der Waals surface area contributed by atoms with Gasteiger partial charge in [-0.15, -0.1) is 0 Å². The van der Waals surface area contributed by atoms with E-state index in [0.717, 1.165) is 61.6 Å². The molecule has 5 heterocycles. The molecule has 2 aromatic heterocycles. The molecule has 3 aromatic carbocycles. The van der Waals surface area contributed by atoms with E-state index in [2.05, 4.69) is 31.7 Å². The van der Waals surface area contributed by atoms with Crippen LogP contribution in [0.3, 0.4) is 0 Å². The van der Waals surface area contributed by atoms with E-state index in [1.807, 2.05) is 30.2 Å². The number of fused-ring (bicyclic) bond motifs is 2. The number of para-hydroxylation sites is 1. The number of halogens is 4. The van der Waals surface area contributed by atoms with E-state index in [1.165, 1.54) is 0 Å². The Kier molecular flexibility index (Phi) is 7.77. The summed E-state index contributed by atoms with van der Waals surface area (Å²) in [5.74, 6) is 0.215. The zero-order valence-electron chi connectivity index (χ0n) is 26.4. The van der Waals surface area contributed by atoms with Gasteiger partial charge in [0.2, 0.25) is 5.82 Å². The highest BCUT2D eigenvalue weighted by Gasteiger charge is 2.42. The second-order valence-corrected chi connectivity index (χ2v) is 13.2. The van der Waals surface area contributed by atoms with Crippen LogP contribution in [0.2, 0.25) is 5.02 Å². The molecule has 252 valence electrons. The second-order valence-electron chi connectivity index (χ2n) is 12.8. The summed E-state index contributed by atoms with van der Waals surface area (Å²) in [6, 6.07) is 18.5. The van der Waals surface area contributed by atoms with Crippen molar-refractivity contribution >= 4 is 22.6 Å². The maximum Gasteiger partial charge on any atom is 0.451 e. The number of ether oxygens (including phenoxy) is 3. The highest BCUT2D eigenvalue weighted by molar-refractivity contribution is 6.31. The zero-order chi connectivity index (χ0) is 33.9. The van der Waals surface area contributed by atoms with Gasteiger partial charge in [0.25, 0.3) is 5.79 Å². The SMILES string of the molecule is CC1(c2ccc(C#N)cc2Cl)Oc2cccc(C3CCN(Cc4nc5cc(-c6n[nH]c(C(F)(F)F)n6)ccc5n4C[C@@H]4CCO4)CC3)c2O1. The van der Waals surface area contributed by atoms with Gasteiger partial charge in [0.05, 0.1) is 52.4 Å². The Morgan fingerprint density at radius 2 is 1.88 bits per heavy atom. The van der Waals surface area contributed by atoms with Crippen molar-refractivity contribution in [2.24, 2.45) is 0 Å². The van der Waals surface area contributed by atoms with Crippen molar-refractivity contribution in [3.63, 3.8) is 0 Å². The topological polar surface area (TPSA) is 114 Å². The van der Waals surface area contributed by atoms with Crippen molar-refractivity contribution in [2.75, 3.05) is 19.7 Å². The fourth-order valence-electron chi connectivity index (χ4n) is 6.93. The van der Waals surface area contributed by atoms with Crippen LogP contribution in [0.1, 0.15) is 60.4 Å². The molecule has 49 heavy (non-hydrogen) atoms. The van der Waals surface area contributed by atoms with Gasteiger partial charge in [-0.2, -0.15) is 23.5 Å². The van der Waals surface area contributed by atoms with E-state index in [1.54, 1.807) is 30.3 Å². The molecular formula is C35H31ClF3N7O3. The molecule has 5 aromatic rings. The van der Waals surface area contributed by atoms with Crippen LogP contribution in [0.15, 0.2) is 54.6 Å². The molecule has 0 radical (unpaired) electrons. The van der Waals surface area contributed by atoms with Crippen LogP contribution >= 0.6 is 11.6 Å². The summed E-state index contributed by atoms with van der Waals surface area (Å²) >= 11 is 6.54. The number of likely N-dealkylation sites (tertiary alicyclic amines) is 1. The van der Waals surface area contributed by atoms with Crippen molar-refractivity contribution in [3.05, 3.63) is 88.0 Å². The first-order valence-electron chi connectivity index (χ1n) is 16.1. The molecule has 1 unspecified atom stereocenters. The minimum Gasteiger partial charge on any atom is -0.444 e. The smallest absolute Gasteiger partial charge is 0.444 e. The first-order chi connectivity index (χ1) is 23.6. The molecule has 0 spiro atoms. The molecule has 2 saturated heterocycles. The van der Waals surface area contributed by atoms with Crippen LogP contribution in [0.25, 0.3) is 22.4 Å². The lowest BCUT2D eigenvalue weighted by molar-refractivity contribution is -0.144. The molecule has 0 aliphatic carbocycles. The third-order valence-corrected chi connectivity index (χ3v) is 9.92. The Morgan fingerprint density at radius 3 is 2.57 bits per heavy atom. The summed E-state index contributed by atoms with van der Waals surface area (Å²) in [5, 5.41) is 15.4. The Morgan fingerprint density at radius 1 is 1.06 bits per heavy atom. The van der Waals surface area contributed by atoms with Gasteiger partial charge in [-0.3, -0.25) is 10.00 Å². The number of aromatic amines is 1. The number of nitriles is 1. The van der Waals surface area contributed by atoms with Crippen molar-refractivity contribution < 1.29 is 27.4 Å². The highest BCUT2D eigenvalue weighted by Crippen LogP contribution is 2.50. The van der Waals surface area contributed by atoms with E-state index in [9.17, 15) is 18.4 Å². The van der Waals surface area contributed by atoms with Gasteiger partial charge in [0.15, 0.2) is 17.3 Å². The summed E-state index contributed by atoms with van der Waals surface area (Å²) < 4.78 is 60.1. The third kappa shape index (κ3) is 5.88. The summed E-state index contributed by atoms with van der Waals surface area (Å²) in [6.45, 7) is 5.50. The predicted octanol–water partition coefficient (Wildman–Crippen LogP) is 7.18. The van der Waals surface area contributed by atoms with Crippen LogP contribution in [0.5, 0.6) is 11.5 Å². The summed E-state index contributed by atoms with van der Waals surface area (Å²) in [4.78, 5) is 11.0. The van der Waals surface area contributed by atoms with Gasteiger partial charge < -0.3 is 18.8 Å². The third-order valence-electron chi connectivity index (χ3n) is 9.61. The van der Waals surface area contributed by atoms with Crippen LogP contribution in [-0.2, 0) is 29.8 Å². The number of aromatic nitrogens is 5. The summed E-state index contributed by atoms with van der Waals surface area (Å²) in [5.41, 5.74) is 4.22. The molecule has 2 fully saturated rings. The average molecular weight is 690 g/mol. The number of H-pyrrole nitrogens is 1. The Bertz CT molecular complexity index is 2100. The van der Waals surface area contributed by atoms with Crippen molar-refractivity contribution in [2.45, 2.75) is 63.3 Å². The maximum absolute atomic E-state index is 13.1. The molecule has 0 amide bonds. The van der Waals surface area contributed by atoms with E-state index in [0.29, 0.717) is 46.1 Å². The lowest BCUT2D eigenvalue weighted by Crippen LogP contribution is -2.35. The number of alkyl halides is 3. The minimum atomic E-state index is -4.61. The minimum absolute atomic E-state index is 0.0307. The number of hydrogen-bond acceptors (Lipinski definition) is 8. The predicted molar refractivity (Wildman–Crippen MR) is 173 cm³/mol. The molecule has 0 bridgehead atoms. The Hall–Kier alpha value is -4.64. The molecular weight excluding hydrogens is 659 g/mol. The van der Waals surface area contributed by atoms with Gasteiger partial charge in [0.1, 0.15) is 5.82 Å². The number of hydrogen-bond donors (Lipinski definition) is 1. The highest BCUT2D eigenvalue weighted by atomic mass is 35.5. The number of benzene rings is 3. The van der Waals surface area contributed by atoms with E-state index in [-0.39, 0.29) is 17.8 Å². The first-order valence-corrected chi connectivity index (χ1v) is 16.5. The fraction of sp³-hybridized carbons (Fsp3) is 0.371. The number of nitrogens with one attached hydrogen (secondary N) is 1. The largest absolute Gasteiger partial charge is 0.451 e. The standard InChI is InChI=1S/C35H31ClF3N7O3/c1-34(25-7-5-20(17-40)15-26(25)36)48-29-4-2-3-24(31(29)49-34)21-9-12-45(13-10-21)19-30-41-27-16-22(32-42-33(44-43-32)35(37,38)39)6-8-28(27)46(30)18-23-11-14-47-23/h2-8,15-16,21,23H,9-14,18-19H2,1H3,(H,42,43,44)/t23-,34?/m0/s1. The Balaban J connectivity index is 0.996. The van der Waals surface area contributed by atoms with E-state index < -0.39 is 17.8 Å². The summed E-state index contributed by atoms with van der Waals surface area (Å²) in [6.07, 6.45) is -1.75. The molecule has 14 heteroatoms. The molecule has 3 aliphatic rings. The average Bonchev–Trinajstić information content (AvgIpc) is 3.78.